The third-order valence-corrected chi connectivity index (χ3v) is 4.64. The monoisotopic (exact) mass is 417 g/mol. The smallest absolute Gasteiger partial charge is 0.416 e. The first-order valence-corrected chi connectivity index (χ1v) is 9.42. The second-order valence-corrected chi connectivity index (χ2v) is 6.88. The summed E-state index contributed by atoms with van der Waals surface area (Å²) in [6, 6.07) is 14.4. The molecule has 0 atom stereocenters. The van der Waals surface area contributed by atoms with E-state index in [1.807, 2.05) is 30.3 Å². The fourth-order valence-corrected chi connectivity index (χ4v) is 3.01. The number of alkyl halides is 3. The summed E-state index contributed by atoms with van der Waals surface area (Å²) in [4.78, 5) is 12.3. The summed E-state index contributed by atoms with van der Waals surface area (Å²) in [7, 11) is 0. The van der Waals surface area contributed by atoms with Crippen LogP contribution in [0.3, 0.4) is 0 Å². The van der Waals surface area contributed by atoms with Crippen LogP contribution in [0.15, 0.2) is 54.6 Å². The molecule has 0 aliphatic heterocycles. The Morgan fingerprint density at radius 1 is 1.10 bits per heavy atom. The quantitative estimate of drug-likeness (QED) is 0.580. The topological polar surface area (TPSA) is 56.1 Å². The van der Waals surface area contributed by atoms with E-state index in [2.05, 4.69) is 10.4 Å². The lowest BCUT2D eigenvalue weighted by Crippen LogP contribution is -2.14. The van der Waals surface area contributed by atoms with Crippen LogP contribution in [0, 0.1) is 13.8 Å². The van der Waals surface area contributed by atoms with E-state index in [1.165, 1.54) is 16.8 Å². The minimum absolute atomic E-state index is 0.0755. The number of hydrogen-bond donors (Lipinski definition) is 1. The lowest BCUT2D eigenvalue weighted by Gasteiger charge is -2.11. The van der Waals surface area contributed by atoms with Crippen LogP contribution >= 0.6 is 0 Å². The van der Waals surface area contributed by atoms with E-state index in [0.29, 0.717) is 29.9 Å². The highest BCUT2D eigenvalue weighted by atomic mass is 19.4. The molecule has 0 saturated carbocycles. The second-order valence-electron chi connectivity index (χ2n) is 6.88. The predicted molar refractivity (Wildman–Crippen MR) is 107 cm³/mol. The van der Waals surface area contributed by atoms with Crippen molar-refractivity contribution < 1.29 is 22.7 Å². The first-order valence-electron chi connectivity index (χ1n) is 9.42. The molecule has 3 aromatic rings. The Labute approximate surface area is 172 Å². The molecule has 1 heterocycles. The van der Waals surface area contributed by atoms with Crippen molar-refractivity contribution in [3.8, 4) is 5.75 Å². The van der Waals surface area contributed by atoms with Gasteiger partial charge in [0.15, 0.2) is 6.73 Å². The Balaban J connectivity index is 1.62. The summed E-state index contributed by atoms with van der Waals surface area (Å²) in [6.07, 6.45) is -3.48. The van der Waals surface area contributed by atoms with E-state index in [1.54, 1.807) is 13.8 Å². The van der Waals surface area contributed by atoms with Crippen LogP contribution < -0.4 is 10.1 Å². The van der Waals surface area contributed by atoms with Gasteiger partial charge in [0, 0.05) is 6.42 Å². The number of ether oxygens (including phenoxy) is 1. The number of nitrogens with zero attached hydrogens (tertiary/aromatic N) is 2. The summed E-state index contributed by atoms with van der Waals surface area (Å²) in [5, 5.41) is 7.19. The number of hydrogen-bond acceptors (Lipinski definition) is 3. The predicted octanol–water partition coefficient (Wildman–Crippen LogP) is 5.13. The highest BCUT2D eigenvalue weighted by Crippen LogP contribution is 2.31. The van der Waals surface area contributed by atoms with Crippen LogP contribution in [-0.4, -0.2) is 15.7 Å². The van der Waals surface area contributed by atoms with Crippen LogP contribution in [0.1, 0.15) is 28.9 Å². The first-order chi connectivity index (χ1) is 14.2. The van der Waals surface area contributed by atoms with Crippen molar-refractivity contribution in [2.24, 2.45) is 0 Å². The summed E-state index contributed by atoms with van der Waals surface area (Å²) < 4.78 is 45.5. The molecule has 1 amide bonds. The molecule has 0 spiro atoms. The van der Waals surface area contributed by atoms with Gasteiger partial charge < -0.3 is 10.1 Å². The minimum atomic E-state index is -4.44. The number of rotatable bonds is 7. The van der Waals surface area contributed by atoms with Crippen LogP contribution in [-0.2, 0) is 24.1 Å². The number of aryl methyl sites for hydroxylation is 2. The zero-order chi connectivity index (χ0) is 21.7. The molecule has 0 unspecified atom stereocenters. The summed E-state index contributed by atoms with van der Waals surface area (Å²) in [6.45, 7) is 3.44. The number of halogens is 3. The van der Waals surface area contributed by atoms with E-state index < -0.39 is 11.7 Å². The number of carbonyl (C=O) groups is 1. The van der Waals surface area contributed by atoms with Crippen molar-refractivity contribution in [3.63, 3.8) is 0 Å². The molecule has 0 radical (unpaired) electrons. The Morgan fingerprint density at radius 2 is 1.83 bits per heavy atom. The maximum Gasteiger partial charge on any atom is 0.416 e. The van der Waals surface area contributed by atoms with Gasteiger partial charge in [0.2, 0.25) is 5.91 Å². The number of nitrogens with one attached hydrogen (secondary N) is 1. The molecule has 5 nitrogen and oxygen atoms in total. The van der Waals surface area contributed by atoms with E-state index in [-0.39, 0.29) is 18.4 Å². The van der Waals surface area contributed by atoms with Gasteiger partial charge in [-0.25, -0.2) is 4.68 Å². The SMILES string of the molecule is Cc1nn(COc2cccc(C(F)(F)F)c2)c(C)c1NC(=O)CCc1ccccc1. The number of anilines is 1. The van der Waals surface area contributed by atoms with Gasteiger partial charge in [0.25, 0.3) is 0 Å². The van der Waals surface area contributed by atoms with Crippen molar-refractivity contribution in [1.29, 1.82) is 0 Å². The van der Waals surface area contributed by atoms with Crippen molar-refractivity contribution in [2.45, 2.75) is 39.6 Å². The fraction of sp³-hybridized carbons (Fsp3) is 0.273. The molecular weight excluding hydrogens is 395 g/mol. The molecule has 30 heavy (non-hydrogen) atoms. The van der Waals surface area contributed by atoms with Crippen molar-refractivity contribution >= 4 is 11.6 Å². The molecule has 0 aliphatic rings. The highest BCUT2D eigenvalue weighted by Gasteiger charge is 2.30. The van der Waals surface area contributed by atoms with Crippen LogP contribution in [0.4, 0.5) is 18.9 Å². The number of amides is 1. The zero-order valence-corrected chi connectivity index (χ0v) is 16.7. The van der Waals surface area contributed by atoms with Gasteiger partial charge in [-0.3, -0.25) is 4.79 Å². The summed E-state index contributed by atoms with van der Waals surface area (Å²) in [5.41, 5.74) is 2.15. The molecule has 2 aromatic carbocycles. The molecule has 158 valence electrons. The first kappa shape index (κ1) is 21.4. The molecule has 0 saturated heterocycles. The van der Waals surface area contributed by atoms with Crippen molar-refractivity contribution in [1.82, 2.24) is 9.78 Å². The Morgan fingerprint density at radius 3 is 2.53 bits per heavy atom. The molecule has 8 heteroatoms. The molecule has 1 aromatic heterocycles. The standard InChI is InChI=1S/C22H22F3N3O2/c1-15-21(26-20(29)12-11-17-7-4-3-5-8-17)16(2)28(27-15)14-30-19-10-6-9-18(13-19)22(23,24)25/h3-10,13H,11-12,14H2,1-2H3,(H,26,29). The van der Waals surface area contributed by atoms with Gasteiger partial charge in [-0.1, -0.05) is 36.4 Å². The normalized spacial score (nSPS) is 11.4. The van der Waals surface area contributed by atoms with Crippen molar-refractivity contribution in [3.05, 3.63) is 77.1 Å². The number of aromatic nitrogens is 2. The molecule has 1 N–H and O–H groups in total. The summed E-state index contributed by atoms with van der Waals surface area (Å²) in [5.74, 6) is -0.0470. The zero-order valence-electron chi connectivity index (χ0n) is 16.7. The molecule has 0 fully saturated rings. The van der Waals surface area contributed by atoms with Crippen LogP contribution in [0.25, 0.3) is 0 Å². The van der Waals surface area contributed by atoms with Gasteiger partial charge >= 0.3 is 6.18 Å². The van der Waals surface area contributed by atoms with Gasteiger partial charge in [0.05, 0.1) is 22.6 Å². The third-order valence-electron chi connectivity index (χ3n) is 4.64. The lowest BCUT2D eigenvalue weighted by molar-refractivity contribution is -0.137. The Bertz CT molecular complexity index is 1010. The van der Waals surface area contributed by atoms with Gasteiger partial charge in [-0.2, -0.15) is 18.3 Å². The maximum atomic E-state index is 12.8. The molecular formula is C22H22F3N3O2. The van der Waals surface area contributed by atoms with Crippen LogP contribution in [0.5, 0.6) is 5.75 Å². The van der Waals surface area contributed by atoms with E-state index >= 15 is 0 Å². The minimum Gasteiger partial charge on any atom is -0.471 e. The van der Waals surface area contributed by atoms with E-state index in [0.717, 1.165) is 17.7 Å². The maximum absolute atomic E-state index is 12.8. The molecule has 0 bridgehead atoms. The van der Waals surface area contributed by atoms with E-state index in [9.17, 15) is 18.0 Å². The van der Waals surface area contributed by atoms with E-state index in [4.69, 9.17) is 4.74 Å². The highest BCUT2D eigenvalue weighted by molar-refractivity contribution is 5.92. The lowest BCUT2D eigenvalue weighted by atomic mass is 10.1. The fourth-order valence-electron chi connectivity index (χ4n) is 3.01. The van der Waals surface area contributed by atoms with Gasteiger partial charge in [-0.15, -0.1) is 0 Å². The largest absolute Gasteiger partial charge is 0.471 e. The van der Waals surface area contributed by atoms with Gasteiger partial charge in [-0.05, 0) is 44.0 Å². The van der Waals surface area contributed by atoms with Crippen LogP contribution in [0.2, 0.25) is 0 Å². The second kappa shape index (κ2) is 9.02. The summed E-state index contributed by atoms with van der Waals surface area (Å²) >= 11 is 0. The third kappa shape index (κ3) is 5.40. The average molecular weight is 417 g/mol. The van der Waals surface area contributed by atoms with Gasteiger partial charge in [0.1, 0.15) is 5.75 Å². The average Bonchev–Trinajstić information content (AvgIpc) is 2.98. The van der Waals surface area contributed by atoms with Crippen molar-refractivity contribution in [2.75, 3.05) is 5.32 Å². The Kier molecular flexibility index (Phi) is 6.44. The Hall–Kier alpha value is -3.29. The number of carbonyl (C=O) groups excluding carboxylic acids is 1. The molecule has 0 aliphatic carbocycles. The molecule has 3 rings (SSSR count). The number of benzene rings is 2.